The third-order valence-electron chi connectivity index (χ3n) is 3.45. The van der Waals surface area contributed by atoms with Crippen molar-refractivity contribution in [1.82, 2.24) is 9.78 Å². The van der Waals surface area contributed by atoms with Gasteiger partial charge < -0.3 is 10.1 Å². The van der Waals surface area contributed by atoms with E-state index in [9.17, 15) is 26.7 Å². The summed E-state index contributed by atoms with van der Waals surface area (Å²) in [4.78, 5) is 12.3. The lowest BCUT2D eigenvalue weighted by Gasteiger charge is -2.16. The number of rotatable bonds is 5. The number of anilines is 1. The average molecular weight is 398 g/mol. The first-order valence-electron chi connectivity index (χ1n) is 7.19. The van der Waals surface area contributed by atoms with Gasteiger partial charge in [0.15, 0.2) is 5.69 Å². The van der Waals surface area contributed by atoms with Crippen LogP contribution in [-0.4, -0.2) is 22.3 Å². The maximum absolute atomic E-state index is 12.9. The van der Waals surface area contributed by atoms with E-state index in [0.717, 1.165) is 4.68 Å². The molecule has 5 nitrogen and oxygen atoms in total. The largest absolute Gasteiger partial charge is 0.436 e. The second kappa shape index (κ2) is 7.48. The SMILES string of the molecule is Cc1c(Cl)c(C(F)(F)F)nn1C(C)C(=O)Nc1ccccc1OC(F)F. The van der Waals surface area contributed by atoms with Gasteiger partial charge in [0.25, 0.3) is 0 Å². The van der Waals surface area contributed by atoms with Crippen molar-refractivity contribution in [2.24, 2.45) is 0 Å². The number of hydrogen-bond donors (Lipinski definition) is 1. The molecule has 1 unspecified atom stereocenters. The zero-order chi connectivity index (χ0) is 19.6. The highest BCUT2D eigenvalue weighted by Crippen LogP contribution is 2.36. The van der Waals surface area contributed by atoms with E-state index in [1.165, 1.54) is 38.1 Å². The molecule has 0 saturated carbocycles. The first-order chi connectivity index (χ1) is 12.0. The van der Waals surface area contributed by atoms with Crippen LogP contribution in [0, 0.1) is 6.92 Å². The first-order valence-corrected chi connectivity index (χ1v) is 7.56. The van der Waals surface area contributed by atoms with Gasteiger partial charge in [-0.1, -0.05) is 23.7 Å². The van der Waals surface area contributed by atoms with Crippen LogP contribution in [0.4, 0.5) is 27.6 Å². The minimum absolute atomic E-state index is 0.0567. The highest BCUT2D eigenvalue weighted by molar-refractivity contribution is 6.32. The van der Waals surface area contributed by atoms with Crippen molar-refractivity contribution in [2.75, 3.05) is 5.32 Å². The molecule has 1 atom stereocenters. The summed E-state index contributed by atoms with van der Waals surface area (Å²) in [5.41, 5.74) is -1.42. The Kier molecular flexibility index (Phi) is 5.74. The minimum Gasteiger partial charge on any atom is -0.433 e. The predicted molar refractivity (Wildman–Crippen MR) is 83.4 cm³/mol. The Balaban J connectivity index is 2.27. The van der Waals surface area contributed by atoms with Crippen LogP contribution in [0.5, 0.6) is 5.75 Å². The number of para-hydroxylation sites is 2. The molecule has 0 bridgehead atoms. The van der Waals surface area contributed by atoms with Crippen LogP contribution in [0.3, 0.4) is 0 Å². The van der Waals surface area contributed by atoms with Gasteiger partial charge in [-0.05, 0) is 26.0 Å². The molecular formula is C15H13ClF5N3O2. The van der Waals surface area contributed by atoms with Crippen LogP contribution in [0.1, 0.15) is 24.4 Å². The number of ether oxygens (including phenoxy) is 1. The molecule has 0 aliphatic rings. The zero-order valence-corrected chi connectivity index (χ0v) is 14.2. The summed E-state index contributed by atoms with van der Waals surface area (Å²) in [5.74, 6) is -1.07. The fourth-order valence-electron chi connectivity index (χ4n) is 2.17. The summed E-state index contributed by atoms with van der Waals surface area (Å²) < 4.78 is 68.5. The van der Waals surface area contributed by atoms with E-state index in [-0.39, 0.29) is 17.1 Å². The minimum atomic E-state index is -4.78. The summed E-state index contributed by atoms with van der Waals surface area (Å²) in [7, 11) is 0. The smallest absolute Gasteiger partial charge is 0.433 e. The second-order valence-corrected chi connectivity index (χ2v) is 5.61. The van der Waals surface area contributed by atoms with Gasteiger partial charge in [0.2, 0.25) is 5.91 Å². The summed E-state index contributed by atoms with van der Waals surface area (Å²) in [6.45, 7) is -0.531. The Bertz CT molecular complexity index is 807. The van der Waals surface area contributed by atoms with Crippen LogP contribution in [0.25, 0.3) is 0 Å². The van der Waals surface area contributed by atoms with Crippen LogP contribution in [0.2, 0.25) is 5.02 Å². The second-order valence-electron chi connectivity index (χ2n) is 5.23. The third kappa shape index (κ3) is 4.24. The number of benzene rings is 1. The van der Waals surface area contributed by atoms with Gasteiger partial charge in [-0.2, -0.15) is 27.1 Å². The highest BCUT2D eigenvalue weighted by atomic mass is 35.5. The maximum Gasteiger partial charge on any atom is 0.436 e. The van der Waals surface area contributed by atoms with Crippen molar-refractivity contribution in [3.8, 4) is 5.75 Å². The first kappa shape index (κ1) is 20.0. The lowest BCUT2D eigenvalue weighted by atomic mass is 10.2. The Morgan fingerprint density at radius 2 is 1.92 bits per heavy atom. The molecule has 1 amide bonds. The molecule has 0 radical (unpaired) electrons. The number of amides is 1. The number of nitrogens with one attached hydrogen (secondary N) is 1. The monoisotopic (exact) mass is 397 g/mol. The van der Waals surface area contributed by atoms with Crippen molar-refractivity contribution >= 4 is 23.2 Å². The van der Waals surface area contributed by atoms with Crippen molar-refractivity contribution in [1.29, 1.82) is 0 Å². The Hall–Kier alpha value is -2.36. The molecule has 0 saturated heterocycles. The van der Waals surface area contributed by atoms with Crippen LogP contribution >= 0.6 is 11.6 Å². The molecule has 2 aromatic rings. The molecule has 1 aromatic heterocycles. The van der Waals surface area contributed by atoms with Crippen LogP contribution < -0.4 is 10.1 Å². The summed E-state index contributed by atoms with van der Waals surface area (Å²) >= 11 is 5.65. The number of alkyl halides is 5. The van der Waals surface area contributed by atoms with Gasteiger partial charge in [0.1, 0.15) is 11.8 Å². The Labute approximate surface area is 149 Å². The molecule has 0 spiro atoms. The molecule has 142 valence electrons. The van der Waals surface area contributed by atoms with E-state index < -0.39 is 35.5 Å². The van der Waals surface area contributed by atoms with Crippen molar-refractivity contribution in [2.45, 2.75) is 32.7 Å². The molecule has 2 rings (SSSR count). The Morgan fingerprint density at radius 3 is 2.46 bits per heavy atom. The molecule has 11 heteroatoms. The van der Waals surface area contributed by atoms with Crippen LogP contribution in [0.15, 0.2) is 24.3 Å². The summed E-state index contributed by atoms with van der Waals surface area (Å²) in [6, 6.07) is 4.22. The molecule has 1 N–H and O–H groups in total. The Morgan fingerprint density at radius 1 is 1.31 bits per heavy atom. The average Bonchev–Trinajstić information content (AvgIpc) is 2.84. The summed E-state index contributed by atoms with van der Waals surface area (Å²) in [5, 5.41) is 5.08. The molecule has 0 fully saturated rings. The van der Waals surface area contributed by atoms with E-state index >= 15 is 0 Å². The van der Waals surface area contributed by atoms with Crippen molar-refractivity contribution in [3.63, 3.8) is 0 Å². The predicted octanol–water partition coefficient (Wildman–Crippen LogP) is 4.66. The van der Waals surface area contributed by atoms with Crippen LogP contribution in [-0.2, 0) is 11.0 Å². The molecule has 1 heterocycles. The van der Waals surface area contributed by atoms with E-state index in [2.05, 4.69) is 15.2 Å². The van der Waals surface area contributed by atoms with E-state index in [1.807, 2.05) is 0 Å². The molecule has 1 aromatic carbocycles. The standard InChI is InChI=1S/C15H13ClF5N3O2/c1-7-11(16)12(15(19,20)21)23-24(7)8(2)13(25)22-9-5-3-4-6-10(9)26-14(17)18/h3-6,8,14H,1-2H3,(H,22,25). The number of carbonyl (C=O) groups is 1. The maximum atomic E-state index is 12.9. The van der Waals surface area contributed by atoms with E-state index in [1.54, 1.807) is 0 Å². The van der Waals surface area contributed by atoms with Gasteiger partial charge in [-0.25, -0.2) is 0 Å². The number of halogens is 6. The highest BCUT2D eigenvalue weighted by Gasteiger charge is 2.39. The number of aromatic nitrogens is 2. The fraction of sp³-hybridized carbons (Fsp3) is 0.333. The quantitative estimate of drug-likeness (QED) is 0.746. The van der Waals surface area contributed by atoms with Crippen molar-refractivity contribution in [3.05, 3.63) is 40.7 Å². The number of carbonyl (C=O) groups excluding carboxylic acids is 1. The zero-order valence-electron chi connectivity index (χ0n) is 13.4. The van der Waals surface area contributed by atoms with E-state index in [4.69, 9.17) is 11.6 Å². The lowest BCUT2D eigenvalue weighted by molar-refractivity contribution is -0.141. The lowest BCUT2D eigenvalue weighted by Crippen LogP contribution is -2.26. The fourth-order valence-corrected chi connectivity index (χ4v) is 2.41. The molecule has 0 aliphatic carbocycles. The third-order valence-corrected chi connectivity index (χ3v) is 3.91. The van der Waals surface area contributed by atoms with Gasteiger partial charge in [-0.3, -0.25) is 9.48 Å². The normalized spacial score (nSPS) is 13.0. The molecule has 0 aliphatic heterocycles. The van der Waals surface area contributed by atoms with Gasteiger partial charge >= 0.3 is 12.8 Å². The number of hydrogen-bond acceptors (Lipinski definition) is 3. The van der Waals surface area contributed by atoms with Gasteiger partial charge in [-0.15, -0.1) is 0 Å². The van der Waals surface area contributed by atoms with Gasteiger partial charge in [0, 0.05) is 0 Å². The van der Waals surface area contributed by atoms with Gasteiger partial charge in [0.05, 0.1) is 16.4 Å². The summed E-state index contributed by atoms with van der Waals surface area (Å²) in [6.07, 6.45) is -4.78. The van der Waals surface area contributed by atoms with E-state index in [0.29, 0.717) is 0 Å². The molecular weight excluding hydrogens is 385 g/mol. The topological polar surface area (TPSA) is 56.2 Å². The van der Waals surface area contributed by atoms with Crippen molar-refractivity contribution < 1.29 is 31.5 Å². The number of nitrogens with zero attached hydrogens (tertiary/aromatic N) is 2. The molecule has 26 heavy (non-hydrogen) atoms.